The Bertz CT molecular complexity index is 3770. The van der Waals surface area contributed by atoms with Gasteiger partial charge in [-0.2, -0.15) is 0 Å². The van der Waals surface area contributed by atoms with Crippen LogP contribution >= 0.6 is 0 Å². The van der Waals surface area contributed by atoms with Crippen molar-refractivity contribution in [2.75, 3.05) is 0 Å². The molecule has 12 aromatic rings. The van der Waals surface area contributed by atoms with Crippen LogP contribution in [-0.2, 0) is 5.41 Å². The van der Waals surface area contributed by atoms with Gasteiger partial charge in [-0.3, -0.25) is 0 Å². The fourth-order valence-electron chi connectivity index (χ4n) is 10.7. The van der Waals surface area contributed by atoms with Crippen molar-refractivity contribution < 1.29 is 4.42 Å². The minimum absolute atomic E-state index is 0.160. The Kier molecular flexibility index (Phi) is 7.42. The molecule has 1 nitrogen and oxygen atoms in total. The molecule has 11 aromatic carbocycles. The minimum Gasteiger partial charge on any atom is -0.456 e. The lowest BCUT2D eigenvalue weighted by Gasteiger charge is -2.23. The number of hydrogen-bond acceptors (Lipinski definition) is 1. The van der Waals surface area contributed by atoms with Gasteiger partial charge in [-0.25, -0.2) is 0 Å². The molecule has 1 aliphatic carbocycles. The highest BCUT2D eigenvalue weighted by Gasteiger charge is 2.36. The molecule has 13 rings (SSSR count). The third-order valence-electron chi connectivity index (χ3n) is 13.8. The van der Waals surface area contributed by atoms with Crippen molar-refractivity contribution in [2.45, 2.75) is 19.3 Å². The maximum absolute atomic E-state index is 6.34. The third kappa shape index (κ3) is 5.22. The zero-order valence-corrected chi connectivity index (χ0v) is 34.5. The summed E-state index contributed by atoms with van der Waals surface area (Å²) in [5, 5.41) is 12.3. The summed E-state index contributed by atoms with van der Waals surface area (Å²) in [6, 6.07) is 76.3. The van der Waals surface area contributed by atoms with E-state index < -0.39 is 0 Å². The Hall–Kier alpha value is -7.74. The molecule has 0 atom stereocenters. The van der Waals surface area contributed by atoms with E-state index in [9.17, 15) is 0 Å². The molecule has 0 amide bonds. The zero-order chi connectivity index (χ0) is 41.1. The second-order valence-corrected chi connectivity index (χ2v) is 17.6. The molecular weight excluding hydrogens is 749 g/mol. The molecule has 1 aliphatic rings. The van der Waals surface area contributed by atoms with Crippen molar-refractivity contribution in [3.8, 4) is 55.6 Å². The summed E-state index contributed by atoms with van der Waals surface area (Å²) in [6.45, 7) is 4.76. The maximum atomic E-state index is 6.34. The summed E-state index contributed by atoms with van der Waals surface area (Å²) in [5.41, 5.74) is 17.0. The topological polar surface area (TPSA) is 13.1 Å². The molecule has 1 heterocycles. The average Bonchev–Trinajstić information content (AvgIpc) is 3.79. The average molecular weight is 789 g/mol. The van der Waals surface area contributed by atoms with Gasteiger partial charge in [0, 0.05) is 16.2 Å². The number of fused-ring (bicyclic) bond motifs is 10. The van der Waals surface area contributed by atoms with Crippen LogP contribution in [0.2, 0.25) is 0 Å². The number of rotatable bonds is 4. The Morgan fingerprint density at radius 1 is 0.290 bits per heavy atom. The predicted molar refractivity (Wildman–Crippen MR) is 263 cm³/mol. The monoisotopic (exact) mass is 788 g/mol. The van der Waals surface area contributed by atoms with Crippen LogP contribution in [0.15, 0.2) is 211 Å². The van der Waals surface area contributed by atoms with E-state index in [4.69, 9.17) is 4.42 Å². The molecule has 0 unspecified atom stereocenters. The molecule has 0 radical (unpaired) electrons. The molecular formula is C61H40O. The molecule has 0 N–H and O–H groups in total. The normalized spacial score (nSPS) is 13.1. The lowest BCUT2D eigenvalue weighted by molar-refractivity contribution is 0.661. The maximum Gasteiger partial charge on any atom is 0.136 e. The van der Waals surface area contributed by atoms with Crippen molar-refractivity contribution in [3.05, 3.63) is 217 Å². The molecule has 0 saturated heterocycles. The van der Waals surface area contributed by atoms with Gasteiger partial charge >= 0.3 is 0 Å². The van der Waals surface area contributed by atoms with Gasteiger partial charge in [0.05, 0.1) is 0 Å². The van der Waals surface area contributed by atoms with E-state index in [1.807, 2.05) is 0 Å². The van der Waals surface area contributed by atoms with Crippen LogP contribution in [0.4, 0.5) is 0 Å². The molecule has 1 aromatic heterocycles. The van der Waals surface area contributed by atoms with Crippen LogP contribution in [0.5, 0.6) is 0 Å². The summed E-state index contributed by atoms with van der Waals surface area (Å²) in [6.07, 6.45) is 0. The van der Waals surface area contributed by atoms with E-state index in [0.717, 1.165) is 21.9 Å². The third-order valence-corrected chi connectivity index (χ3v) is 13.8. The fourth-order valence-corrected chi connectivity index (χ4v) is 10.7. The van der Waals surface area contributed by atoms with E-state index in [1.165, 1.54) is 110 Å². The molecule has 0 spiro atoms. The summed E-state index contributed by atoms with van der Waals surface area (Å²) in [4.78, 5) is 0. The van der Waals surface area contributed by atoms with Crippen LogP contribution in [0.3, 0.4) is 0 Å². The fraction of sp³-hybridized carbons (Fsp3) is 0.0492. The number of benzene rings is 11. The SMILES string of the molecule is CC1(C)c2cc(-c3ccc(-c4c5ccccc5c(-c5ccc6ccccc6c5)c5ccccc45)cc3)ccc2-c2ccc(-c3ccc4oc5cc6ccccc6cc5c4c3)cc21. The first-order chi connectivity index (χ1) is 30.5. The summed E-state index contributed by atoms with van der Waals surface area (Å²) in [5.74, 6) is 0. The van der Waals surface area contributed by atoms with Gasteiger partial charge in [0.15, 0.2) is 0 Å². The molecule has 290 valence electrons. The van der Waals surface area contributed by atoms with E-state index in [2.05, 4.69) is 220 Å². The van der Waals surface area contributed by atoms with Gasteiger partial charge in [0.2, 0.25) is 0 Å². The zero-order valence-electron chi connectivity index (χ0n) is 34.5. The second-order valence-electron chi connectivity index (χ2n) is 17.6. The van der Waals surface area contributed by atoms with Crippen LogP contribution in [-0.4, -0.2) is 0 Å². The minimum atomic E-state index is -0.160. The Morgan fingerprint density at radius 3 is 1.35 bits per heavy atom. The largest absolute Gasteiger partial charge is 0.456 e. The quantitative estimate of drug-likeness (QED) is 0.162. The standard InChI is InChI=1S/C61H40O/c1-61(2)55-34-44(25-28-47(55)48-29-26-45(35-56(48)61)43-27-30-57-53(33-43)54-32-41-13-5-6-14-42(41)36-58(54)62-57)38-19-22-39(23-20-38)59-49-15-7-9-17-51(49)60(52-18-10-8-16-50(52)59)46-24-21-37-11-3-4-12-40(37)31-46/h3-36H,1-2H3. The van der Waals surface area contributed by atoms with E-state index in [0.29, 0.717) is 0 Å². The second kappa shape index (κ2) is 13.1. The van der Waals surface area contributed by atoms with E-state index in [-0.39, 0.29) is 5.41 Å². The van der Waals surface area contributed by atoms with Crippen molar-refractivity contribution in [1.29, 1.82) is 0 Å². The number of hydrogen-bond donors (Lipinski definition) is 0. The Morgan fingerprint density at radius 2 is 0.726 bits per heavy atom. The Balaban J connectivity index is 0.860. The first-order valence-corrected chi connectivity index (χ1v) is 21.6. The van der Waals surface area contributed by atoms with E-state index >= 15 is 0 Å². The highest BCUT2D eigenvalue weighted by molar-refractivity contribution is 6.22. The van der Waals surface area contributed by atoms with Crippen molar-refractivity contribution in [2.24, 2.45) is 0 Å². The molecule has 1 heteroatoms. The number of furan rings is 1. The lowest BCUT2D eigenvalue weighted by atomic mass is 9.80. The molecule has 0 saturated carbocycles. The summed E-state index contributed by atoms with van der Waals surface area (Å²) in [7, 11) is 0. The van der Waals surface area contributed by atoms with Gasteiger partial charge in [-0.05, 0) is 152 Å². The van der Waals surface area contributed by atoms with Gasteiger partial charge in [0.1, 0.15) is 11.2 Å². The van der Waals surface area contributed by atoms with Crippen molar-refractivity contribution >= 4 is 65.0 Å². The van der Waals surface area contributed by atoms with Gasteiger partial charge in [0.25, 0.3) is 0 Å². The first kappa shape index (κ1) is 35.1. The molecule has 0 aliphatic heterocycles. The summed E-state index contributed by atoms with van der Waals surface area (Å²) < 4.78 is 6.34. The molecule has 0 bridgehead atoms. The highest BCUT2D eigenvalue weighted by atomic mass is 16.3. The van der Waals surface area contributed by atoms with Crippen LogP contribution < -0.4 is 0 Å². The molecule has 0 fully saturated rings. The lowest BCUT2D eigenvalue weighted by Crippen LogP contribution is -2.15. The smallest absolute Gasteiger partial charge is 0.136 e. The van der Waals surface area contributed by atoms with Crippen LogP contribution in [0.1, 0.15) is 25.0 Å². The predicted octanol–water partition coefficient (Wildman–Crippen LogP) is 17.2. The van der Waals surface area contributed by atoms with Gasteiger partial charge in [-0.1, -0.05) is 178 Å². The van der Waals surface area contributed by atoms with Gasteiger partial charge < -0.3 is 4.42 Å². The first-order valence-electron chi connectivity index (χ1n) is 21.6. The van der Waals surface area contributed by atoms with Crippen LogP contribution in [0.25, 0.3) is 121 Å². The van der Waals surface area contributed by atoms with E-state index in [1.54, 1.807) is 0 Å². The van der Waals surface area contributed by atoms with Crippen LogP contribution in [0, 0.1) is 0 Å². The highest BCUT2D eigenvalue weighted by Crippen LogP contribution is 2.51. The summed E-state index contributed by atoms with van der Waals surface area (Å²) >= 11 is 0. The molecule has 62 heavy (non-hydrogen) atoms. The van der Waals surface area contributed by atoms with Gasteiger partial charge in [-0.15, -0.1) is 0 Å². The Labute approximate surface area is 360 Å². The van der Waals surface area contributed by atoms with Crippen molar-refractivity contribution in [3.63, 3.8) is 0 Å². The van der Waals surface area contributed by atoms with Crippen molar-refractivity contribution in [1.82, 2.24) is 0 Å².